The predicted octanol–water partition coefficient (Wildman–Crippen LogP) is 5.34. The molecule has 1 N–H and O–H groups in total. The minimum Gasteiger partial charge on any atom is -0.354 e. The minimum atomic E-state index is -4.11. The maximum atomic E-state index is 13.9. The fraction of sp³-hybridized carbons (Fsp3) is 0.333. The molecule has 0 unspecified atom stereocenters. The number of benzene rings is 3. The summed E-state index contributed by atoms with van der Waals surface area (Å²) >= 11 is 6.40. The van der Waals surface area contributed by atoms with Gasteiger partial charge in [0.2, 0.25) is 11.8 Å². The Kier molecular flexibility index (Phi) is 10.2. The van der Waals surface area contributed by atoms with Crippen LogP contribution in [0.5, 0.6) is 0 Å². The average Bonchev–Trinajstić information content (AvgIpc) is 2.89. The third kappa shape index (κ3) is 7.83. The maximum Gasteiger partial charge on any atom is 0.264 e. The molecule has 0 heterocycles. The van der Waals surface area contributed by atoms with E-state index in [4.69, 9.17) is 11.6 Å². The number of sulfonamides is 1. The number of nitrogens with one attached hydrogen (secondary N) is 1. The van der Waals surface area contributed by atoms with E-state index in [1.54, 1.807) is 61.5 Å². The summed E-state index contributed by atoms with van der Waals surface area (Å²) in [5.41, 5.74) is 2.77. The molecule has 0 aliphatic heterocycles. The van der Waals surface area contributed by atoms with Crippen LogP contribution in [0.15, 0.2) is 77.7 Å². The quantitative estimate of drug-likeness (QED) is 0.338. The van der Waals surface area contributed by atoms with E-state index < -0.39 is 28.5 Å². The maximum absolute atomic E-state index is 13.9. The number of hydrogen-bond donors (Lipinski definition) is 1. The molecule has 0 aliphatic carbocycles. The van der Waals surface area contributed by atoms with E-state index in [1.165, 1.54) is 17.0 Å². The van der Waals surface area contributed by atoms with Gasteiger partial charge in [-0.1, -0.05) is 73.5 Å². The highest BCUT2D eigenvalue weighted by Gasteiger charge is 2.32. The lowest BCUT2D eigenvalue weighted by molar-refractivity contribution is -0.139. The predicted molar refractivity (Wildman–Crippen MR) is 156 cm³/mol. The molecular formula is C30H36ClN3O4S. The Morgan fingerprint density at radius 3 is 2.18 bits per heavy atom. The SMILES string of the molecule is Cc1ccc(S(=O)(=O)N(CC(=O)N(Cc2ccccc2Cl)[C@@H](C)C(=O)NCC(C)C)c2cccc(C)c2)cc1. The molecule has 0 aromatic heterocycles. The zero-order valence-electron chi connectivity index (χ0n) is 23.0. The van der Waals surface area contributed by atoms with Crippen molar-refractivity contribution in [2.75, 3.05) is 17.4 Å². The zero-order valence-corrected chi connectivity index (χ0v) is 24.6. The molecule has 39 heavy (non-hydrogen) atoms. The lowest BCUT2D eigenvalue weighted by Gasteiger charge is -2.32. The van der Waals surface area contributed by atoms with E-state index in [-0.39, 0.29) is 23.3 Å². The highest BCUT2D eigenvalue weighted by molar-refractivity contribution is 7.92. The molecule has 3 rings (SSSR count). The molecule has 0 saturated heterocycles. The number of carbonyl (C=O) groups excluding carboxylic acids is 2. The molecule has 2 amide bonds. The fourth-order valence-electron chi connectivity index (χ4n) is 3.99. The summed E-state index contributed by atoms with van der Waals surface area (Å²) < 4.78 is 28.8. The van der Waals surface area contributed by atoms with Gasteiger partial charge in [0.1, 0.15) is 12.6 Å². The first kappa shape index (κ1) is 30.2. The van der Waals surface area contributed by atoms with Crippen LogP contribution in [0.2, 0.25) is 5.02 Å². The van der Waals surface area contributed by atoms with Crippen molar-refractivity contribution < 1.29 is 18.0 Å². The molecule has 9 heteroatoms. The largest absolute Gasteiger partial charge is 0.354 e. The van der Waals surface area contributed by atoms with Crippen LogP contribution < -0.4 is 9.62 Å². The van der Waals surface area contributed by atoms with Crippen LogP contribution in [0.1, 0.15) is 37.5 Å². The van der Waals surface area contributed by atoms with Crippen LogP contribution in [-0.4, -0.2) is 44.3 Å². The highest BCUT2D eigenvalue weighted by atomic mass is 35.5. The van der Waals surface area contributed by atoms with Gasteiger partial charge in [0.05, 0.1) is 10.6 Å². The van der Waals surface area contributed by atoms with Crippen molar-refractivity contribution in [1.29, 1.82) is 0 Å². The van der Waals surface area contributed by atoms with E-state index in [0.717, 1.165) is 15.4 Å². The Balaban J connectivity index is 2.02. The molecule has 3 aromatic carbocycles. The summed E-state index contributed by atoms with van der Waals surface area (Å²) in [5, 5.41) is 3.33. The van der Waals surface area contributed by atoms with Crippen LogP contribution in [0.25, 0.3) is 0 Å². The second kappa shape index (κ2) is 13.1. The number of aryl methyl sites for hydroxylation is 2. The molecule has 7 nitrogen and oxygen atoms in total. The van der Waals surface area contributed by atoms with Gasteiger partial charge in [0, 0.05) is 18.1 Å². The van der Waals surface area contributed by atoms with Crippen molar-refractivity contribution in [1.82, 2.24) is 10.2 Å². The van der Waals surface area contributed by atoms with Gasteiger partial charge in [0.25, 0.3) is 10.0 Å². The Bertz CT molecular complexity index is 1410. The second-order valence-corrected chi connectivity index (χ2v) is 12.4. The topological polar surface area (TPSA) is 86.8 Å². The van der Waals surface area contributed by atoms with Gasteiger partial charge >= 0.3 is 0 Å². The third-order valence-electron chi connectivity index (χ3n) is 6.33. The Morgan fingerprint density at radius 2 is 1.56 bits per heavy atom. The van der Waals surface area contributed by atoms with Gasteiger partial charge in [-0.05, 0) is 68.1 Å². The Hall–Kier alpha value is -3.36. The number of anilines is 1. The number of hydrogen-bond acceptors (Lipinski definition) is 4. The van der Waals surface area contributed by atoms with Crippen LogP contribution in [-0.2, 0) is 26.2 Å². The normalized spacial score (nSPS) is 12.2. The minimum absolute atomic E-state index is 0.0427. The molecule has 0 aliphatic rings. The van der Waals surface area contributed by atoms with E-state index in [0.29, 0.717) is 22.8 Å². The van der Waals surface area contributed by atoms with Gasteiger partial charge in [-0.3, -0.25) is 13.9 Å². The Labute approximate surface area is 236 Å². The van der Waals surface area contributed by atoms with Crippen molar-refractivity contribution >= 4 is 39.1 Å². The lowest BCUT2D eigenvalue weighted by Crippen LogP contribution is -2.51. The van der Waals surface area contributed by atoms with Crippen molar-refractivity contribution in [3.63, 3.8) is 0 Å². The number of amides is 2. The number of halogens is 1. The third-order valence-corrected chi connectivity index (χ3v) is 8.48. The van der Waals surface area contributed by atoms with Crippen LogP contribution >= 0.6 is 11.6 Å². The van der Waals surface area contributed by atoms with Crippen LogP contribution in [0.4, 0.5) is 5.69 Å². The summed E-state index contributed by atoms with van der Waals surface area (Å²) in [4.78, 5) is 28.4. The number of nitrogens with zero attached hydrogens (tertiary/aromatic N) is 2. The lowest BCUT2D eigenvalue weighted by atomic mass is 10.1. The molecule has 0 fully saturated rings. The van der Waals surface area contributed by atoms with Crippen molar-refractivity contribution in [3.05, 3.63) is 94.5 Å². The van der Waals surface area contributed by atoms with Gasteiger partial charge in [-0.2, -0.15) is 0 Å². The van der Waals surface area contributed by atoms with Crippen LogP contribution in [0.3, 0.4) is 0 Å². The van der Waals surface area contributed by atoms with E-state index >= 15 is 0 Å². The van der Waals surface area contributed by atoms with Gasteiger partial charge in [0.15, 0.2) is 0 Å². The molecule has 0 saturated carbocycles. The van der Waals surface area contributed by atoms with E-state index in [2.05, 4.69) is 5.32 Å². The van der Waals surface area contributed by atoms with E-state index in [1.807, 2.05) is 33.8 Å². The molecule has 0 bridgehead atoms. The number of carbonyl (C=O) groups is 2. The molecule has 0 radical (unpaired) electrons. The van der Waals surface area contributed by atoms with Gasteiger partial charge in [-0.15, -0.1) is 0 Å². The van der Waals surface area contributed by atoms with Crippen molar-refractivity contribution in [3.8, 4) is 0 Å². The molecular weight excluding hydrogens is 534 g/mol. The average molecular weight is 570 g/mol. The first-order valence-corrected chi connectivity index (χ1v) is 14.7. The van der Waals surface area contributed by atoms with E-state index in [9.17, 15) is 18.0 Å². The van der Waals surface area contributed by atoms with Crippen molar-refractivity contribution in [2.24, 2.45) is 5.92 Å². The van der Waals surface area contributed by atoms with Gasteiger partial charge < -0.3 is 10.2 Å². The molecule has 3 aromatic rings. The monoisotopic (exact) mass is 569 g/mol. The summed E-state index contributed by atoms with van der Waals surface area (Å²) in [5.74, 6) is -0.628. The first-order chi connectivity index (χ1) is 18.4. The number of rotatable bonds is 11. The summed E-state index contributed by atoms with van der Waals surface area (Å²) in [6.07, 6.45) is 0. The summed E-state index contributed by atoms with van der Waals surface area (Å²) in [7, 11) is -4.11. The fourth-order valence-corrected chi connectivity index (χ4v) is 5.60. The zero-order chi connectivity index (χ0) is 28.7. The van der Waals surface area contributed by atoms with Crippen LogP contribution in [0, 0.1) is 19.8 Å². The summed E-state index contributed by atoms with van der Waals surface area (Å²) in [6, 6.07) is 19.7. The standard InChI is InChI=1S/C30H36ClN3O4S/c1-21(2)18-32-30(36)24(5)33(19-25-10-6-7-12-28(25)31)29(35)20-34(26-11-8-9-23(4)17-26)39(37,38)27-15-13-22(3)14-16-27/h6-17,21,24H,18-20H2,1-5H3,(H,32,36)/t24-/m0/s1. The van der Waals surface area contributed by atoms with Crippen molar-refractivity contribution in [2.45, 2.75) is 52.1 Å². The molecule has 1 atom stereocenters. The second-order valence-electron chi connectivity index (χ2n) is 10.1. The molecule has 0 spiro atoms. The summed E-state index contributed by atoms with van der Waals surface area (Å²) in [6.45, 7) is 9.32. The highest BCUT2D eigenvalue weighted by Crippen LogP contribution is 2.26. The first-order valence-electron chi connectivity index (χ1n) is 12.9. The smallest absolute Gasteiger partial charge is 0.264 e. The Morgan fingerprint density at radius 1 is 0.897 bits per heavy atom. The molecule has 208 valence electrons. The van der Waals surface area contributed by atoms with Gasteiger partial charge in [-0.25, -0.2) is 8.42 Å².